The van der Waals surface area contributed by atoms with E-state index in [0.717, 1.165) is 21.8 Å². The van der Waals surface area contributed by atoms with Crippen LogP contribution in [0.1, 0.15) is 11.3 Å². The molecule has 0 unspecified atom stereocenters. The fourth-order valence-electron chi connectivity index (χ4n) is 2.44. The first-order valence-corrected chi connectivity index (χ1v) is 10.2. The van der Waals surface area contributed by atoms with Gasteiger partial charge in [0.25, 0.3) is 0 Å². The number of anilines is 1. The molecule has 3 rings (SSSR count). The number of benzene rings is 2. The Bertz CT molecular complexity index is 879. The van der Waals surface area contributed by atoms with E-state index in [9.17, 15) is 4.79 Å². The molecule has 26 heavy (non-hydrogen) atoms. The number of amides is 1. The van der Waals surface area contributed by atoms with Gasteiger partial charge in [-0.2, -0.15) is 0 Å². The lowest BCUT2D eigenvalue weighted by molar-refractivity contribution is -0.113. The van der Waals surface area contributed by atoms with Crippen molar-refractivity contribution >= 4 is 34.7 Å². The van der Waals surface area contributed by atoms with Crippen LogP contribution in [0.25, 0.3) is 10.6 Å². The van der Waals surface area contributed by atoms with E-state index in [2.05, 4.69) is 27.8 Å². The van der Waals surface area contributed by atoms with Gasteiger partial charge in [0.15, 0.2) is 0 Å². The maximum Gasteiger partial charge on any atom is 0.234 e. The van der Waals surface area contributed by atoms with Crippen LogP contribution in [-0.4, -0.2) is 23.8 Å². The van der Waals surface area contributed by atoms with Gasteiger partial charge in [-0.25, -0.2) is 4.98 Å². The van der Waals surface area contributed by atoms with E-state index in [0.29, 0.717) is 22.9 Å². The highest BCUT2D eigenvalue weighted by Crippen LogP contribution is 2.27. The topological polar surface area (TPSA) is 51.2 Å². The Morgan fingerprint density at radius 3 is 2.81 bits per heavy atom. The van der Waals surface area contributed by atoms with Crippen LogP contribution >= 0.6 is 23.1 Å². The molecule has 6 heteroatoms. The first-order valence-electron chi connectivity index (χ1n) is 8.18. The minimum absolute atomic E-state index is 0.0441. The summed E-state index contributed by atoms with van der Waals surface area (Å²) >= 11 is 3.18. The zero-order valence-electron chi connectivity index (χ0n) is 14.7. The van der Waals surface area contributed by atoms with Crippen molar-refractivity contribution in [3.05, 3.63) is 65.2 Å². The molecule has 0 aliphatic rings. The van der Waals surface area contributed by atoms with Crippen molar-refractivity contribution < 1.29 is 9.53 Å². The van der Waals surface area contributed by atoms with Crippen molar-refractivity contribution in [2.45, 2.75) is 12.7 Å². The van der Waals surface area contributed by atoms with Gasteiger partial charge in [0.05, 0.1) is 24.2 Å². The molecule has 4 nitrogen and oxygen atoms in total. The normalized spacial score (nSPS) is 10.5. The average molecular weight is 385 g/mol. The molecule has 0 bridgehead atoms. The zero-order valence-corrected chi connectivity index (χ0v) is 16.3. The zero-order chi connectivity index (χ0) is 18.4. The number of thioether (sulfide) groups is 1. The van der Waals surface area contributed by atoms with Crippen molar-refractivity contribution in [3.8, 4) is 16.3 Å². The summed E-state index contributed by atoms with van der Waals surface area (Å²) in [6.07, 6.45) is 0. The summed E-state index contributed by atoms with van der Waals surface area (Å²) in [6, 6.07) is 15.8. The number of rotatable bonds is 7. The highest BCUT2D eigenvalue weighted by molar-refractivity contribution is 7.99. The van der Waals surface area contributed by atoms with Crippen molar-refractivity contribution in [1.29, 1.82) is 0 Å². The fraction of sp³-hybridized carbons (Fsp3) is 0.200. The lowest BCUT2D eigenvalue weighted by Gasteiger charge is -2.10. The van der Waals surface area contributed by atoms with E-state index in [1.165, 1.54) is 0 Å². The molecule has 134 valence electrons. The summed E-state index contributed by atoms with van der Waals surface area (Å²) in [5.74, 6) is 1.70. The van der Waals surface area contributed by atoms with E-state index in [4.69, 9.17) is 4.74 Å². The molecule has 0 aliphatic carbocycles. The largest absolute Gasteiger partial charge is 0.495 e. The Labute approximate surface area is 161 Å². The Morgan fingerprint density at radius 1 is 1.23 bits per heavy atom. The Balaban J connectivity index is 1.52. The third-order valence-corrected chi connectivity index (χ3v) is 5.59. The molecular formula is C20H20N2O2S2. The highest BCUT2D eigenvalue weighted by Gasteiger charge is 2.09. The van der Waals surface area contributed by atoms with Gasteiger partial charge in [0.1, 0.15) is 10.8 Å². The molecule has 0 aliphatic heterocycles. The first kappa shape index (κ1) is 18.5. The van der Waals surface area contributed by atoms with E-state index < -0.39 is 0 Å². The fourth-order valence-corrected chi connectivity index (χ4v) is 4.09. The summed E-state index contributed by atoms with van der Waals surface area (Å²) < 4.78 is 5.29. The van der Waals surface area contributed by atoms with Crippen LogP contribution in [0.3, 0.4) is 0 Å². The van der Waals surface area contributed by atoms with Crippen LogP contribution < -0.4 is 10.1 Å². The number of ether oxygens (including phenoxy) is 1. The third kappa shape index (κ3) is 4.86. The molecule has 1 aromatic heterocycles. The molecule has 0 saturated carbocycles. The maximum absolute atomic E-state index is 12.2. The molecule has 2 aromatic carbocycles. The van der Waals surface area contributed by atoms with Gasteiger partial charge in [-0.05, 0) is 24.6 Å². The van der Waals surface area contributed by atoms with Gasteiger partial charge >= 0.3 is 0 Å². The van der Waals surface area contributed by atoms with E-state index in [1.807, 2.05) is 43.3 Å². The van der Waals surface area contributed by atoms with E-state index in [-0.39, 0.29) is 5.91 Å². The van der Waals surface area contributed by atoms with Gasteiger partial charge in [-0.1, -0.05) is 36.4 Å². The molecule has 3 aromatic rings. The summed E-state index contributed by atoms with van der Waals surface area (Å²) in [5.41, 5.74) is 3.90. The summed E-state index contributed by atoms with van der Waals surface area (Å²) in [7, 11) is 1.60. The minimum Gasteiger partial charge on any atom is -0.495 e. The third-order valence-electron chi connectivity index (χ3n) is 3.68. The minimum atomic E-state index is -0.0441. The number of nitrogens with one attached hydrogen (secondary N) is 1. The smallest absolute Gasteiger partial charge is 0.234 e. The van der Waals surface area contributed by atoms with Crippen molar-refractivity contribution in [2.75, 3.05) is 18.2 Å². The van der Waals surface area contributed by atoms with Gasteiger partial charge in [-0.15, -0.1) is 23.1 Å². The van der Waals surface area contributed by atoms with Crippen LogP contribution in [0.15, 0.2) is 53.9 Å². The second kappa shape index (κ2) is 8.87. The van der Waals surface area contributed by atoms with Gasteiger partial charge < -0.3 is 10.1 Å². The molecule has 0 atom stereocenters. The van der Waals surface area contributed by atoms with E-state index >= 15 is 0 Å². The first-order chi connectivity index (χ1) is 12.7. The van der Waals surface area contributed by atoms with Crippen LogP contribution in [0.5, 0.6) is 5.75 Å². The number of aromatic nitrogens is 1. The molecule has 1 amide bonds. The van der Waals surface area contributed by atoms with Crippen molar-refractivity contribution in [1.82, 2.24) is 4.98 Å². The standard InChI is InChI=1S/C20H20N2O2S2/c1-14-8-9-18(24-2)17(10-14)22-19(23)13-25-11-16-12-26-20(21-16)15-6-4-3-5-7-15/h3-10,12H,11,13H2,1-2H3,(H,22,23). The molecule has 1 heterocycles. The molecule has 0 radical (unpaired) electrons. The monoisotopic (exact) mass is 384 g/mol. The number of methoxy groups -OCH3 is 1. The number of thiazole rings is 1. The average Bonchev–Trinajstić information content (AvgIpc) is 3.11. The number of hydrogen-bond donors (Lipinski definition) is 1. The number of nitrogens with zero attached hydrogens (tertiary/aromatic N) is 1. The Morgan fingerprint density at radius 2 is 2.04 bits per heavy atom. The van der Waals surface area contributed by atoms with E-state index in [1.54, 1.807) is 30.2 Å². The number of hydrogen-bond acceptors (Lipinski definition) is 5. The predicted molar refractivity (Wildman–Crippen MR) is 110 cm³/mol. The SMILES string of the molecule is COc1ccc(C)cc1NC(=O)CSCc1csc(-c2ccccc2)n1. The lowest BCUT2D eigenvalue weighted by atomic mass is 10.2. The number of carbonyl (C=O) groups is 1. The van der Waals surface area contributed by atoms with Crippen LogP contribution in [0.2, 0.25) is 0 Å². The molecular weight excluding hydrogens is 364 g/mol. The van der Waals surface area contributed by atoms with Gasteiger partial charge in [0, 0.05) is 16.7 Å². The molecule has 0 spiro atoms. The number of aryl methyl sites for hydroxylation is 1. The summed E-state index contributed by atoms with van der Waals surface area (Å²) in [6.45, 7) is 1.98. The highest BCUT2D eigenvalue weighted by atomic mass is 32.2. The lowest BCUT2D eigenvalue weighted by Crippen LogP contribution is -2.15. The van der Waals surface area contributed by atoms with Crippen LogP contribution in [0.4, 0.5) is 5.69 Å². The van der Waals surface area contributed by atoms with Crippen LogP contribution in [0, 0.1) is 6.92 Å². The summed E-state index contributed by atoms with van der Waals surface area (Å²) in [5, 5.41) is 5.98. The second-order valence-electron chi connectivity index (χ2n) is 5.75. The predicted octanol–water partition coefficient (Wildman–Crippen LogP) is 5.00. The molecule has 1 N–H and O–H groups in total. The second-order valence-corrected chi connectivity index (χ2v) is 7.60. The Hall–Kier alpha value is -2.31. The van der Waals surface area contributed by atoms with Gasteiger partial charge in [0.2, 0.25) is 5.91 Å². The maximum atomic E-state index is 12.2. The quantitative estimate of drug-likeness (QED) is 0.623. The number of carbonyl (C=O) groups excluding carboxylic acids is 1. The van der Waals surface area contributed by atoms with Crippen molar-refractivity contribution in [3.63, 3.8) is 0 Å². The molecule has 0 saturated heterocycles. The summed E-state index contributed by atoms with van der Waals surface area (Å²) in [4.78, 5) is 16.8. The Kier molecular flexibility index (Phi) is 6.30. The van der Waals surface area contributed by atoms with Gasteiger partial charge in [-0.3, -0.25) is 4.79 Å². The van der Waals surface area contributed by atoms with Crippen LogP contribution in [-0.2, 0) is 10.5 Å². The van der Waals surface area contributed by atoms with Crippen molar-refractivity contribution in [2.24, 2.45) is 0 Å². The molecule has 0 fully saturated rings.